The summed E-state index contributed by atoms with van der Waals surface area (Å²) in [5, 5.41) is 7.79. The van der Waals surface area contributed by atoms with Gasteiger partial charge >= 0.3 is 0 Å². The topological polar surface area (TPSA) is 57.9 Å². The molecule has 0 amide bonds. The minimum Gasteiger partial charge on any atom is -0.497 e. The van der Waals surface area contributed by atoms with E-state index in [1.165, 1.54) is 11.3 Å². The first-order chi connectivity index (χ1) is 15.3. The van der Waals surface area contributed by atoms with E-state index in [0.29, 0.717) is 0 Å². The number of nitrogens with one attached hydrogen (secondary N) is 1. The maximum atomic E-state index is 5.36. The van der Waals surface area contributed by atoms with E-state index < -0.39 is 0 Å². The van der Waals surface area contributed by atoms with E-state index in [4.69, 9.17) is 4.74 Å². The van der Waals surface area contributed by atoms with E-state index in [2.05, 4.69) is 61.6 Å². The Morgan fingerprint density at radius 3 is 2.47 bits per heavy atom. The van der Waals surface area contributed by atoms with Crippen LogP contribution in [-0.2, 0) is 6.42 Å². The zero-order valence-electron chi connectivity index (χ0n) is 18.6. The molecule has 170 valence electrons. The van der Waals surface area contributed by atoms with Crippen molar-refractivity contribution in [2.24, 2.45) is 4.99 Å². The Morgan fingerprint density at radius 1 is 1.03 bits per heavy atom. The zero-order chi connectivity index (χ0) is 21.5. The normalized spacial score (nSPS) is 14.1. The lowest BCUT2D eigenvalue weighted by Gasteiger charge is -2.37. The minimum absolute atomic E-state index is 0. The summed E-state index contributed by atoms with van der Waals surface area (Å²) in [7, 11) is 3.57. The molecule has 32 heavy (non-hydrogen) atoms. The molecule has 1 fully saturated rings. The van der Waals surface area contributed by atoms with Crippen LogP contribution in [-0.4, -0.2) is 67.5 Å². The summed E-state index contributed by atoms with van der Waals surface area (Å²) in [4.78, 5) is 9.22. The molecule has 0 saturated carbocycles. The van der Waals surface area contributed by atoms with E-state index in [9.17, 15) is 0 Å². The van der Waals surface area contributed by atoms with Crippen LogP contribution in [0.4, 0.5) is 5.69 Å². The Bertz CT molecular complexity index is 982. The summed E-state index contributed by atoms with van der Waals surface area (Å²) in [6, 6.07) is 18.7. The summed E-state index contributed by atoms with van der Waals surface area (Å²) in [5.41, 5.74) is 3.58. The van der Waals surface area contributed by atoms with Gasteiger partial charge in [-0.2, -0.15) is 5.10 Å². The highest BCUT2D eigenvalue weighted by Gasteiger charge is 2.20. The molecule has 4 rings (SSSR count). The summed E-state index contributed by atoms with van der Waals surface area (Å²) < 4.78 is 7.23. The van der Waals surface area contributed by atoms with Crippen LogP contribution >= 0.6 is 24.0 Å². The molecule has 1 aliphatic rings. The molecule has 0 aliphatic carbocycles. The van der Waals surface area contributed by atoms with Gasteiger partial charge in [-0.05, 0) is 42.3 Å². The van der Waals surface area contributed by atoms with E-state index in [0.717, 1.165) is 56.5 Å². The van der Waals surface area contributed by atoms with Gasteiger partial charge in [0.1, 0.15) is 5.75 Å². The molecule has 7 nitrogen and oxygen atoms in total. The van der Waals surface area contributed by atoms with Gasteiger partial charge in [-0.25, -0.2) is 4.68 Å². The molecule has 0 bridgehead atoms. The minimum atomic E-state index is 0. The lowest BCUT2D eigenvalue weighted by molar-refractivity contribution is 0.372. The molecule has 2 aromatic carbocycles. The van der Waals surface area contributed by atoms with E-state index in [1.807, 2.05) is 36.1 Å². The van der Waals surface area contributed by atoms with Crippen LogP contribution in [0.5, 0.6) is 5.75 Å². The van der Waals surface area contributed by atoms with Gasteiger partial charge in [-0.3, -0.25) is 4.99 Å². The van der Waals surface area contributed by atoms with E-state index in [-0.39, 0.29) is 24.0 Å². The molecule has 0 spiro atoms. The SMILES string of the molecule is CN=C(NCCc1ccc(-n2cccn2)cc1)N1CCN(c2cccc(OC)c2)CC1.I. The Kier molecular flexibility index (Phi) is 8.78. The number of methoxy groups -OCH3 is 1. The molecule has 2 heterocycles. The molecule has 1 N–H and O–H groups in total. The van der Waals surface area contributed by atoms with Crippen LogP contribution < -0.4 is 15.0 Å². The van der Waals surface area contributed by atoms with Crippen molar-refractivity contribution in [2.45, 2.75) is 6.42 Å². The number of benzene rings is 2. The largest absolute Gasteiger partial charge is 0.497 e. The van der Waals surface area contributed by atoms with Crippen molar-refractivity contribution in [3.05, 3.63) is 72.6 Å². The second kappa shape index (κ2) is 11.8. The molecule has 0 atom stereocenters. The van der Waals surface area contributed by atoms with Crippen molar-refractivity contribution in [2.75, 3.05) is 51.8 Å². The highest BCUT2D eigenvalue weighted by Crippen LogP contribution is 2.22. The molecule has 1 aromatic heterocycles. The predicted octanol–water partition coefficient (Wildman–Crippen LogP) is 3.44. The Hall–Kier alpha value is -2.75. The molecule has 0 radical (unpaired) electrons. The van der Waals surface area contributed by atoms with Gasteiger partial charge in [0.15, 0.2) is 5.96 Å². The lowest BCUT2D eigenvalue weighted by atomic mass is 10.1. The van der Waals surface area contributed by atoms with Gasteiger partial charge in [0.25, 0.3) is 0 Å². The van der Waals surface area contributed by atoms with Crippen LogP contribution in [0.2, 0.25) is 0 Å². The second-order valence-electron chi connectivity index (χ2n) is 7.52. The number of hydrogen-bond acceptors (Lipinski definition) is 4. The van der Waals surface area contributed by atoms with Crippen molar-refractivity contribution in [1.82, 2.24) is 20.0 Å². The average molecular weight is 546 g/mol. The third-order valence-electron chi connectivity index (χ3n) is 5.61. The first-order valence-corrected chi connectivity index (χ1v) is 10.7. The maximum Gasteiger partial charge on any atom is 0.193 e. The van der Waals surface area contributed by atoms with Crippen molar-refractivity contribution < 1.29 is 4.74 Å². The van der Waals surface area contributed by atoms with E-state index in [1.54, 1.807) is 13.3 Å². The number of guanidine groups is 1. The van der Waals surface area contributed by atoms with Crippen LogP contribution in [0.15, 0.2) is 72.0 Å². The molecule has 3 aromatic rings. The summed E-state index contributed by atoms with van der Waals surface area (Å²) in [6.45, 7) is 4.65. The van der Waals surface area contributed by atoms with Gasteiger partial charge in [-0.15, -0.1) is 24.0 Å². The second-order valence-corrected chi connectivity index (χ2v) is 7.52. The summed E-state index contributed by atoms with van der Waals surface area (Å²) >= 11 is 0. The third kappa shape index (κ3) is 5.93. The van der Waals surface area contributed by atoms with Crippen molar-refractivity contribution >= 4 is 35.6 Å². The Morgan fingerprint density at radius 2 is 1.81 bits per heavy atom. The fraction of sp³-hybridized carbons (Fsp3) is 0.333. The average Bonchev–Trinajstić information content (AvgIpc) is 3.38. The number of nitrogens with zero attached hydrogens (tertiary/aromatic N) is 5. The molecule has 8 heteroatoms. The van der Waals surface area contributed by atoms with Crippen molar-refractivity contribution in [3.8, 4) is 11.4 Å². The lowest BCUT2D eigenvalue weighted by Crippen LogP contribution is -2.52. The fourth-order valence-corrected chi connectivity index (χ4v) is 3.87. The van der Waals surface area contributed by atoms with Gasteiger partial charge < -0.3 is 19.9 Å². The van der Waals surface area contributed by atoms with E-state index >= 15 is 0 Å². The number of hydrogen-bond donors (Lipinski definition) is 1. The summed E-state index contributed by atoms with van der Waals surface area (Å²) in [5.74, 6) is 1.87. The zero-order valence-corrected chi connectivity index (χ0v) is 21.0. The van der Waals surface area contributed by atoms with Crippen LogP contribution in [0, 0.1) is 0 Å². The monoisotopic (exact) mass is 546 g/mol. The molecular formula is C24H31IN6O. The number of ether oxygens (including phenoxy) is 1. The van der Waals surface area contributed by atoms with Crippen molar-refractivity contribution in [3.63, 3.8) is 0 Å². The van der Waals surface area contributed by atoms with Gasteiger partial charge in [-0.1, -0.05) is 18.2 Å². The summed E-state index contributed by atoms with van der Waals surface area (Å²) in [6.07, 6.45) is 4.69. The Labute approximate surface area is 207 Å². The van der Waals surface area contributed by atoms with Gasteiger partial charge in [0, 0.05) is 63.9 Å². The molecule has 1 aliphatic heterocycles. The van der Waals surface area contributed by atoms with Crippen LogP contribution in [0.1, 0.15) is 5.56 Å². The number of aliphatic imine (C=N–C) groups is 1. The van der Waals surface area contributed by atoms with Gasteiger partial charge in [0.2, 0.25) is 0 Å². The third-order valence-corrected chi connectivity index (χ3v) is 5.61. The molecular weight excluding hydrogens is 515 g/mol. The standard InChI is InChI=1S/C24H30N6O.HI/c1-25-24(26-13-11-20-7-9-21(10-8-20)30-14-4-12-27-30)29-17-15-28(16-18-29)22-5-3-6-23(19-22)31-2;/h3-10,12,14,19H,11,13,15-18H2,1-2H3,(H,25,26);1H. The fourth-order valence-electron chi connectivity index (χ4n) is 3.87. The highest BCUT2D eigenvalue weighted by molar-refractivity contribution is 14.0. The maximum absolute atomic E-state index is 5.36. The first kappa shape index (κ1) is 23.9. The first-order valence-electron chi connectivity index (χ1n) is 10.7. The number of halogens is 1. The van der Waals surface area contributed by atoms with Crippen LogP contribution in [0.3, 0.4) is 0 Å². The molecule has 1 saturated heterocycles. The number of anilines is 1. The number of rotatable bonds is 6. The highest BCUT2D eigenvalue weighted by atomic mass is 127. The number of aromatic nitrogens is 2. The van der Waals surface area contributed by atoms with Crippen LogP contribution in [0.25, 0.3) is 5.69 Å². The number of piperazine rings is 1. The Balaban J connectivity index is 0.00000289. The molecule has 0 unspecified atom stereocenters. The van der Waals surface area contributed by atoms with Gasteiger partial charge in [0.05, 0.1) is 12.8 Å². The quantitative estimate of drug-likeness (QED) is 0.292. The van der Waals surface area contributed by atoms with Crippen molar-refractivity contribution in [1.29, 1.82) is 0 Å². The predicted molar refractivity (Wildman–Crippen MR) is 141 cm³/mol. The smallest absolute Gasteiger partial charge is 0.193 e.